The third-order valence-electron chi connectivity index (χ3n) is 5.68. The molecule has 4 aromatic rings. The van der Waals surface area contributed by atoms with E-state index in [2.05, 4.69) is 10.5 Å². The molecule has 5 rings (SSSR count). The van der Waals surface area contributed by atoms with Crippen LogP contribution in [-0.2, 0) is 4.79 Å². The third-order valence-corrected chi connectivity index (χ3v) is 5.68. The van der Waals surface area contributed by atoms with Gasteiger partial charge in [0.05, 0.1) is 24.1 Å². The van der Waals surface area contributed by atoms with Crippen LogP contribution in [0.25, 0.3) is 16.5 Å². The van der Waals surface area contributed by atoms with E-state index in [-0.39, 0.29) is 23.6 Å². The Hall–Kier alpha value is -4.79. The lowest BCUT2D eigenvalue weighted by molar-refractivity contribution is -0.130. The van der Waals surface area contributed by atoms with Gasteiger partial charge >= 0.3 is 0 Å². The molecule has 1 unspecified atom stereocenters. The van der Waals surface area contributed by atoms with Crippen LogP contribution in [0.1, 0.15) is 12.5 Å². The average molecular weight is 485 g/mol. The van der Waals surface area contributed by atoms with Gasteiger partial charge in [-0.3, -0.25) is 9.59 Å². The standard InChI is InChI=1S/C27H23N3O6/c1-2-34-18-13-11-17(12-14-18)30-26(32)20-8-4-3-7-19(20)21(27(30)33)15-28-29-25(31)24-16-35-22-9-5-6-10-23(22)36-24/h3-15,24,33H,2,16H2,1H3,(H,29,31)/b28-15-. The monoisotopic (exact) mass is 485 g/mol. The summed E-state index contributed by atoms with van der Waals surface area (Å²) >= 11 is 0. The molecule has 0 bridgehead atoms. The van der Waals surface area contributed by atoms with E-state index in [0.717, 1.165) is 0 Å². The van der Waals surface area contributed by atoms with E-state index >= 15 is 0 Å². The average Bonchev–Trinajstić information content (AvgIpc) is 2.91. The van der Waals surface area contributed by atoms with Crippen LogP contribution in [0.5, 0.6) is 23.1 Å². The molecular weight excluding hydrogens is 462 g/mol. The SMILES string of the molecule is CCOc1ccc(-n2c(O)c(/C=N\NC(=O)C3COc4ccccc4O3)c3ccccc3c2=O)cc1. The second-order valence-electron chi connectivity index (χ2n) is 7.95. The van der Waals surface area contributed by atoms with Crippen molar-refractivity contribution in [3.8, 4) is 28.8 Å². The summed E-state index contributed by atoms with van der Waals surface area (Å²) in [6.07, 6.45) is 0.415. The number of amides is 1. The topological polar surface area (TPSA) is 111 Å². The number of ether oxygens (including phenoxy) is 3. The fraction of sp³-hybridized carbons (Fsp3) is 0.148. The van der Waals surface area contributed by atoms with Gasteiger partial charge in [-0.2, -0.15) is 5.10 Å². The lowest BCUT2D eigenvalue weighted by Gasteiger charge is -2.24. The van der Waals surface area contributed by atoms with Crippen molar-refractivity contribution in [3.63, 3.8) is 0 Å². The Labute approximate surface area is 206 Å². The molecule has 9 nitrogen and oxygen atoms in total. The van der Waals surface area contributed by atoms with Crippen molar-refractivity contribution in [2.75, 3.05) is 13.2 Å². The summed E-state index contributed by atoms with van der Waals surface area (Å²) in [6, 6.07) is 20.7. The minimum Gasteiger partial charge on any atom is -0.494 e. The van der Waals surface area contributed by atoms with Gasteiger partial charge in [0.1, 0.15) is 12.4 Å². The molecule has 0 saturated heterocycles. The highest BCUT2D eigenvalue weighted by molar-refractivity contribution is 6.02. The molecule has 0 saturated carbocycles. The molecule has 1 aromatic heterocycles. The molecule has 182 valence electrons. The van der Waals surface area contributed by atoms with Crippen LogP contribution in [0, 0.1) is 0 Å². The van der Waals surface area contributed by atoms with Crippen molar-refractivity contribution in [1.82, 2.24) is 9.99 Å². The summed E-state index contributed by atoms with van der Waals surface area (Å²) < 4.78 is 17.9. The van der Waals surface area contributed by atoms with Gasteiger partial charge in [0.25, 0.3) is 11.5 Å². The minimum atomic E-state index is -0.889. The van der Waals surface area contributed by atoms with Gasteiger partial charge < -0.3 is 19.3 Å². The van der Waals surface area contributed by atoms with Gasteiger partial charge in [-0.05, 0) is 49.4 Å². The number of carbonyl (C=O) groups excluding carboxylic acids is 1. The number of para-hydroxylation sites is 2. The molecule has 1 aliphatic rings. The lowest BCUT2D eigenvalue weighted by Crippen LogP contribution is -2.42. The number of hydrogen-bond acceptors (Lipinski definition) is 7. The van der Waals surface area contributed by atoms with Gasteiger partial charge in [0, 0.05) is 10.8 Å². The first-order valence-corrected chi connectivity index (χ1v) is 11.4. The molecule has 1 amide bonds. The number of nitrogens with zero attached hydrogens (tertiary/aromatic N) is 2. The van der Waals surface area contributed by atoms with Crippen LogP contribution in [-0.4, -0.2) is 41.1 Å². The number of carbonyl (C=O) groups is 1. The van der Waals surface area contributed by atoms with E-state index < -0.39 is 12.0 Å². The minimum absolute atomic E-state index is 0.0369. The Morgan fingerprint density at radius 2 is 1.78 bits per heavy atom. The Kier molecular flexibility index (Phi) is 6.27. The molecule has 0 spiro atoms. The molecule has 9 heteroatoms. The van der Waals surface area contributed by atoms with E-state index in [1.165, 1.54) is 10.8 Å². The molecular formula is C27H23N3O6. The van der Waals surface area contributed by atoms with Crippen molar-refractivity contribution in [3.05, 3.63) is 88.7 Å². The number of fused-ring (bicyclic) bond motifs is 2. The summed E-state index contributed by atoms with van der Waals surface area (Å²) in [7, 11) is 0. The normalized spacial score (nSPS) is 14.6. The third kappa shape index (κ3) is 4.34. The first-order chi connectivity index (χ1) is 17.6. The molecule has 2 heterocycles. The highest BCUT2D eigenvalue weighted by Gasteiger charge is 2.27. The molecule has 0 aliphatic carbocycles. The molecule has 0 radical (unpaired) electrons. The first kappa shape index (κ1) is 23.0. The van der Waals surface area contributed by atoms with Crippen molar-refractivity contribution < 1.29 is 24.1 Å². The predicted octanol–water partition coefficient (Wildman–Crippen LogP) is 3.39. The first-order valence-electron chi connectivity index (χ1n) is 11.4. The summed E-state index contributed by atoms with van der Waals surface area (Å²) in [6.45, 7) is 2.43. The summed E-state index contributed by atoms with van der Waals surface area (Å²) in [5.41, 5.74) is 2.76. The predicted molar refractivity (Wildman–Crippen MR) is 134 cm³/mol. The molecule has 1 aliphatic heterocycles. The van der Waals surface area contributed by atoms with E-state index in [9.17, 15) is 14.7 Å². The number of aromatic nitrogens is 1. The fourth-order valence-corrected chi connectivity index (χ4v) is 3.97. The Morgan fingerprint density at radius 3 is 2.53 bits per heavy atom. The lowest BCUT2D eigenvalue weighted by atomic mass is 10.1. The fourth-order valence-electron chi connectivity index (χ4n) is 3.97. The van der Waals surface area contributed by atoms with Gasteiger partial charge in [-0.1, -0.05) is 30.3 Å². The number of hydrazone groups is 1. The van der Waals surface area contributed by atoms with Crippen LogP contribution < -0.4 is 25.2 Å². The number of benzene rings is 3. The number of aromatic hydroxyl groups is 1. The van der Waals surface area contributed by atoms with Crippen molar-refractivity contribution >= 4 is 22.9 Å². The summed E-state index contributed by atoms with van der Waals surface area (Å²) in [5, 5.41) is 16.0. The van der Waals surface area contributed by atoms with E-state index in [4.69, 9.17) is 14.2 Å². The number of rotatable bonds is 6. The van der Waals surface area contributed by atoms with Crippen LogP contribution >= 0.6 is 0 Å². The highest BCUT2D eigenvalue weighted by atomic mass is 16.6. The largest absolute Gasteiger partial charge is 0.494 e. The second-order valence-corrected chi connectivity index (χ2v) is 7.95. The number of nitrogens with one attached hydrogen (secondary N) is 1. The van der Waals surface area contributed by atoms with Crippen molar-refractivity contribution in [1.29, 1.82) is 0 Å². The highest BCUT2D eigenvalue weighted by Crippen LogP contribution is 2.31. The molecule has 0 fully saturated rings. The van der Waals surface area contributed by atoms with Crippen molar-refractivity contribution in [2.45, 2.75) is 13.0 Å². The van der Waals surface area contributed by atoms with E-state index in [1.54, 1.807) is 66.7 Å². The zero-order chi connectivity index (χ0) is 25.1. The molecule has 2 N–H and O–H groups in total. The molecule has 36 heavy (non-hydrogen) atoms. The van der Waals surface area contributed by atoms with E-state index in [1.807, 2.05) is 13.0 Å². The zero-order valence-corrected chi connectivity index (χ0v) is 19.4. The van der Waals surface area contributed by atoms with Crippen LogP contribution in [0.3, 0.4) is 0 Å². The maximum atomic E-state index is 13.2. The number of pyridine rings is 1. The molecule has 1 atom stereocenters. The Morgan fingerprint density at radius 1 is 1.08 bits per heavy atom. The Bertz CT molecular complexity index is 1510. The summed E-state index contributed by atoms with van der Waals surface area (Å²) in [5.74, 6) is 0.865. The quantitative estimate of drug-likeness (QED) is 0.320. The maximum Gasteiger partial charge on any atom is 0.284 e. The van der Waals surface area contributed by atoms with Gasteiger partial charge in [-0.25, -0.2) is 9.99 Å². The van der Waals surface area contributed by atoms with E-state index in [0.29, 0.717) is 40.3 Å². The van der Waals surface area contributed by atoms with Crippen LogP contribution in [0.4, 0.5) is 0 Å². The van der Waals surface area contributed by atoms with Gasteiger partial charge in [-0.15, -0.1) is 0 Å². The van der Waals surface area contributed by atoms with Gasteiger partial charge in [0.2, 0.25) is 12.0 Å². The number of hydrogen-bond donors (Lipinski definition) is 2. The smallest absolute Gasteiger partial charge is 0.284 e. The van der Waals surface area contributed by atoms with Crippen LogP contribution in [0.15, 0.2) is 82.7 Å². The van der Waals surface area contributed by atoms with Gasteiger partial charge in [0.15, 0.2) is 11.5 Å². The summed E-state index contributed by atoms with van der Waals surface area (Å²) in [4.78, 5) is 25.8. The molecule has 3 aromatic carbocycles. The van der Waals surface area contributed by atoms with Crippen molar-refractivity contribution in [2.24, 2.45) is 5.10 Å². The zero-order valence-electron chi connectivity index (χ0n) is 19.4. The van der Waals surface area contributed by atoms with Crippen LogP contribution in [0.2, 0.25) is 0 Å². The second kappa shape index (κ2) is 9.83. The Balaban J connectivity index is 1.45. The maximum absolute atomic E-state index is 13.2.